The highest BCUT2D eigenvalue weighted by Crippen LogP contribution is 2.30. The number of nitrogens with one attached hydrogen (secondary N) is 3. The number of alkyl halides is 3. The third-order valence-corrected chi connectivity index (χ3v) is 6.26. The summed E-state index contributed by atoms with van der Waals surface area (Å²) in [7, 11) is 0. The van der Waals surface area contributed by atoms with Gasteiger partial charge >= 0.3 is 12.2 Å². The summed E-state index contributed by atoms with van der Waals surface area (Å²) < 4.78 is 40.4. The number of aliphatic hydroxyl groups excluding tert-OH is 1. The molecule has 9 nitrogen and oxygen atoms in total. The topological polar surface area (TPSA) is 121 Å². The first-order chi connectivity index (χ1) is 19.6. The van der Waals surface area contributed by atoms with E-state index < -0.39 is 23.7 Å². The molecule has 41 heavy (non-hydrogen) atoms. The molecule has 0 spiro atoms. The Morgan fingerprint density at radius 3 is 2.51 bits per heavy atom. The minimum atomic E-state index is -4.58. The van der Waals surface area contributed by atoms with Crippen molar-refractivity contribution >= 4 is 45.9 Å². The summed E-state index contributed by atoms with van der Waals surface area (Å²) in [5, 5.41) is 18.5. The minimum Gasteiger partial charge on any atom is -0.392 e. The zero-order valence-electron chi connectivity index (χ0n) is 21.5. The highest BCUT2D eigenvalue weighted by Gasteiger charge is 2.31. The Bertz CT molecular complexity index is 1770. The van der Waals surface area contributed by atoms with E-state index in [0.717, 1.165) is 23.8 Å². The van der Waals surface area contributed by atoms with Crippen LogP contribution in [0.3, 0.4) is 0 Å². The minimum absolute atomic E-state index is 0.110. The van der Waals surface area contributed by atoms with E-state index in [-0.39, 0.29) is 17.9 Å². The van der Waals surface area contributed by atoms with E-state index in [0.29, 0.717) is 33.8 Å². The van der Waals surface area contributed by atoms with Crippen LogP contribution in [-0.4, -0.2) is 31.6 Å². The van der Waals surface area contributed by atoms with Crippen molar-refractivity contribution in [3.8, 4) is 0 Å². The summed E-state index contributed by atoms with van der Waals surface area (Å²) in [5.41, 5.74) is 2.03. The number of carbonyl (C=O) groups excluding carboxylic acids is 2. The second-order valence-electron chi connectivity index (χ2n) is 9.12. The number of benzene rings is 3. The Kier molecular flexibility index (Phi) is 7.40. The molecule has 0 aliphatic carbocycles. The lowest BCUT2D eigenvalue weighted by atomic mass is 10.1. The number of fused-ring (bicyclic) bond motifs is 1. The summed E-state index contributed by atoms with van der Waals surface area (Å²) in [4.78, 5) is 34.4. The molecule has 5 aromatic rings. The number of aromatic nitrogens is 3. The number of rotatable bonds is 6. The quantitative estimate of drug-likeness (QED) is 0.193. The van der Waals surface area contributed by atoms with E-state index >= 15 is 0 Å². The third kappa shape index (κ3) is 6.02. The third-order valence-electron chi connectivity index (χ3n) is 6.26. The molecule has 4 N–H and O–H groups in total. The number of hydrogen-bond acceptors (Lipinski definition) is 6. The van der Waals surface area contributed by atoms with Gasteiger partial charge in [0.05, 0.1) is 17.6 Å². The zero-order valence-corrected chi connectivity index (χ0v) is 21.5. The molecule has 12 heteroatoms. The number of carbonyl (C=O) groups is 2. The van der Waals surface area contributed by atoms with Crippen LogP contribution in [0.25, 0.3) is 11.0 Å². The van der Waals surface area contributed by atoms with Gasteiger partial charge in [0.1, 0.15) is 12.1 Å². The fourth-order valence-electron chi connectivity index (χ4n) is 4.15. The molecule has 2 heterocycles. The molecule has 0 fully saturated rings. The maximum absolute atomic E-state index is 13.2. The van der Waals surface area contributed by atoms with E-state index in [1.807, 2.05) is 6.07 Å². The average Bonchev–Trinajstić information content (AvgIpc) is 3.40. The van der Waals surface area contributed by atoms with Gasteiger partial charge in [0.2, 0.25) is 0 Å². The summed E-state index contributed by atoms with van der Waals surface area (Å²) in [5.74, 6) is -0.262. The van der Waals surface area contributed by atoms with Gasteiger partial charge in [-0.2, -0.15) is 13.2 Å². The lowest BCUT2D eigenvalue weighted by molar-refractivity contribution is -0.137. The van der Waals surface area contributed by atoms with E-state index in [9.17, 15) is 27.9 Å². The highest BCUT2D eigenvalue weighted by atomic mass is 19.4. The maximum atomic E-state index is 13.2. The highest BCUT2D eigenvalue weighted by molar-refractivity contribution is 6.05. The van der Waals surface area contributed by atoms with Gasteiger partial charge in [0, 0.05) is 28.8 Å². The molecule has 2 amide bonds. The Labute approximate surface area is 231 Å². The number of nitrogens with zero attached hydrogens (tertiary/aromatic N) is 3. The zero-order chi connectivity index (χ0) is 29.1. The predicted octanol–water partition coefficient (Wildman–Crippen LogP) is 6.33. The normalized spacial score (nSPS) is 11.3. The summed E-state index contributed by atoms with van der Waals surface area (Å²) >= 11 is 0. The molecule has 0 aliphatic rings. The van der Waals surface area contributed by atoms with Crippen LogP contribution in [0.2, 0.25) is 0 Å². The Morgan fingerprint density at radius 1 is 0.927 bits per heavy atom. The maximum Gasteiger partial charge on any atom is 0.416 e. The molecule has 208 valence electrons. The van der Waals surface area contributed by atoms with Crippen LogP contribution in [0, 0.1) is 6.92 Å². The lowest BCUT2D eigenvalue weighted by Gasteiger charge is -2.13. The fourth-order valence-corrected chi connectivity index (χ4v) is 4.15. The number of hydrogen-bond donors (Lipinski definition) is 4. The van der Waals surface area contributed by atoms with Gasteiger partial charge in [-0.25, -0.2) is 14.8 Å². The van der Waals surface area contributed by atoms with Crippen molar-refractivity contribution in [1.82, 2.24) is 14.5 Å². The van der Waals surface area contributed by atoms with Crippen molar-refractivity contribution in [1.29, 1.82) is 0 Å². The van der Waals surface area contributed by atoms with Crippen molar-refractivity contribution in [2.45, 2.75) is 19.7 Å². The first-order valence-corrected chi connectivity index (χ1v) is 12.3. The number of anilines is 4. The number of aliphatic hydroxyl groups is 1. The lowest BCUT2D eigenvalue weighted by Crippen LogP contribution is -2.20. The Morgan fingerprint density at radius 2 is 1.73 bits per heavy atom. The molecule has 0 bridgehead atoms. The van der Waals surface area contributed by atoms with Gasteiger partial charge in [-0.05, 0) is 66.6 Å². The van der Waals surface area contributed by atoms with Crippen LogP contribution in [-0.2, 0) is 12.8 Å². The SMILES string of the molecule is Cc1ccc(NC(=O)c2cccc(C(F)(F)F)c2)cc1NC(=O)n1ccc2c(Nc3cccc(CO)c3)ncnc21. The molecule has 0 saturated heterocycles. The van der Waals surface area contributed by atoms with Crippen LogP contribution >= 0.6 is 0 Å². The summed E-state index contributed by atoms with van der Waals surface area (Å²) in [6.45, 7) is 1.65. The average molecular weight is 561 g/mol. The molecule has 3 aromatic carbocycles. The summed E-state index contributed by atoms with van der Waals surface area (Å²) in [6, 6.07) is 17.2. The van der Waals surface area contributed by atoms with Crippen LogP contribution in [0.4, 0.5) is 40.8 Å². The first kappa shape index (κ1) is 27.3. The van der Waals surface area contributed by atoms with Gasteiger partial charge in [0.25, 0.3) is 5.91 Å². The van der Waals surface area contributed by atoms with Crippen LogP contribution in [0.15, 0.2) is 85.3 Å². The van der Waals surface area contributed by atoms with Gasteiger partial charge in [-0.3, -0.25) is 9.36 Å². The van der Waals surface area contributed by atoms with Crippen molar-refractivity contribution in [2.24, 2.45) is 0 Å². The van der Waals surface area contributed by atoms with Crippen molar-refractivity contribution < 1.29 is 27.9 Å². The largest absolute Gasteiger partial charge is 0.416 e. The molecular weight excluding hydrogens is 537 g/mol. The predicted molar refractivity (Wildman–Crippen MR) is 148 cm³/mol. The molecule has 0 atom stereocenters. The molecule has 0 unspecified atom stereocenters. The van der Waals surface area contributed by atoms with Gasteiger partial charge < -0.3 is 21.1 Å². The second-order valence-corrected chi connectivity index (χ2v) is 9.12. The van der Waals surface area contributed by atoms with Gasteiger partial charge in [0.15, 0.2) is 5.65 Å². The Balaban J connectivity index is 1.35. The van der Waals surface area contributed by atoms with E-state index in [1.54, 1.807) is 49.5 Å². The van der Waals surface area contributed by atoms with Crippen molar-refractivity contribution in [3.05, 3.63) is 108 Å². The fraction of sp³-hybridized carbons (Fsp3) is 0.103. The second kappa shape index (κ2) is 11.1. The molecule has 0 aliphatic heterocycles. The van der Waals surface area contributed by atoms with Gasteiger partial charge in [-0.15, -0.1) is 0 Å². The standard InChI is InChI=1S/C29H23F3N6O3/c1-17-8-9-22(36-27(40)19-5-3-6-20(13-19)29(30,31)32)14-24(17)37-28(41)38-11-10-23-25(33-16-34-26(23)38)35-21-7-2-4-18(12-21)15-39/h2-14,16,39H,15H2,1H3,(H,36,40)(H,37,41)(H,33,34,35). The molecule has 2 aromatic heterocycles. The molecule has 5 rings (SSSR count). The summed E-state index contributed by atoms with van der Waals surface area (Å²) in [6.07, 6.45) is -1.72. The van der Waals surface area contributed by atoms with E-state index in [2.05, 4.69) is 25.9 Å². The van der Waals surface area contributed by atoms with E-state index in [4.69, 9.17) is 0 Å². The molecule has 0 radical (unpaired) electrons. The number of amides is 2. The Hall–Kier alpha value is -5.23. The van der Waals surface area contributed by atoms with Crippen LogP contribution < -0.4 is 16.0 Å². The van der Waals surface area contributed by atoms with Gasteiger partial charge in [-0.1, -0.05) is 24.3 Å². The van der Waals surface area contributed by atoms with Crippen molar-refractivity contribution in [3.63, 3.8) is 0 Å². The molecular formula is C29H23F3N6O3. The first-order valence-electron chi connectivity index (χ1n) is 12.3. The van der Waals surface area contributed by atoms with E-state index in [1.165, 1.54) is 23.0 Å². The van der Waals surface area contributed by atoms with Crippen LogP contribution in [0.1, 0.15) is 27.0 Å². The number of aryl methyl sites for hydroxylation is 1. The van der Waals surface area contributed by atoms with Crippen LogP contribution in [0.5, 0.6) is 0 Å². The molecule has 0 saturated carbocycles. The monoisotopic (exact) mass is 560 g/mol. The van der Waals surface area contributed by atoms with Crippen molar-refractivity contribution in [2.75, 3.05) is 16.0 Å². The number of halogens is 3. The smallest absolute Gasteiger partial charge is 0.392 e.